The van der Waals surface area contributed by atoms with E-state index in [1.165, 1.54) is 0 Å². The fourth-order valence-electron chi connectivity index (χ4n) is 3.76. The third kappa shape index (κ3) is 4.02. The van der Waals surface area contributed by atoms with Gasteiger partial charge in [-0.2, -0.15) is 0 Å². The van der Waals surface area contributed by atoms with E-state index in [2.05, 4.69) is 34.5 Å². The number of anilines is 2. The molecule has 1 aliphatic rings. The van der Waals surface area contributed by atoms with Gasteiger partial charge >= 0.3 is 5.97 Å². The van der Waals surface area contributed by atoms with E-state index in [9.17, 15) is 4.79 Å². The Morgan fingerprint density at radius 3 is 2.14 bits per heavy atom. The number of nitrogens with zero attached hydrogens (tertiary/aromatic N) is 1. The van der Waals surface area contributed by atoms with Crippen LogP contribution in [0.3, 0.4) is 0 Å². The van der Waals surface area contributed by atoms with Gasteiger partial charge in [0.15, 0.2) is 0 Å². The van der Waals surface area contributed by atoms with Crippen molar-refractivity contribution >= 4 is 17.3 Å². The quantitative estimate of drug-likeness (QED) is 0.595. The van der Waals surface area contributed by atoms with E-state index in [1.807, 2.05) is 73.7 Å². The van der Waals surface area contributed by atoms with E-state index in [0.29, 0.717) is 18.7 Å². The minimum absolute atomic E-state index is 0.219. The molecule has 4 nitrogen and oxygen atoms in total. The fourth-order valence-corrected chi connectivity index (χ4v) is 3.76. The first kappa shape index (κ1) is 18.8. The van der Waals surface area contributed by atoms with Crippen molar-refractivity contribution in [2.45, 2.75) is 13.0 Å². The highest BCUT2D eigenvalue weighted by Gasteiger charge is 2.38. The lowest BCUT2D eigenvalue weighted by Crippen LogP contribution is -2.27. The van der Waals surface area contributed by atoms with E-state index < -0.39 is 0 Å². The molecule has 0 fully saturated rings. The molecule has 0 saturated carbocycles. The van der Waals surface area contributed by atoms with Gasteiger partial charge in [0.2, 0.25) is 0 Å². The maximum atomic E-state index is 13.1. The molecule has 1 aliphatic heterocycles. The van der Waals surface area contributed by atoms with Gasteiger partial charge in [0.25, 0.3) is 0 Å². The number of ether oxygens (including phenoxy) is 1. The monoisotopic (exact) mass is 384 g/mol. The minimum atomic E-state index is -0.279. The van der Waals surface area contributed by atoms with Crippen LogP contribution in [0.2, 0.25) is 0 Å². The summed E-state index contributed by atoms with van der Waals surface area (Å²) in [6, 6.07) is 30.0. The van der Waals surface area contributed by atoms with Crippen molar-refractivity contribution in [3.8, 4) is 0 Å². The van der Waals surface area contributed by atoms with Crippen LogP contribution in [0.1, 0.15) is 18.5 Å². The third-order valence-electron chi connectivity index (χ3n) is 5.01. The number of hydrogen-bond donors (Lipinski definition) is 1. The van der Waals surface area contributed by atoms with Gasteiger partial charge in [-0.05, 0) is 36.8 Å². The second kappa shape index (κ2) is 8.65. The molecule has 1 unspecified atom stereocenters. The van der Waals surface area contributed by atoms with Gasteiger partial charge < -0.3 is 15.0 Å². The van der Waals surface area contributed by atoms with Crippen molar-refractivity contribution in [2.24, 2.45) is 0 Å². The Balaban J connectivity index is 1.82. The van der Waals surface area contributed by atoms with Crippen molar-refractivity contribution in [1.82, 2.24) is 0 Å². The number of esters is 1. The van der Waals surface area contributed by atoms with Crippen LogP contribution in [0.25, 0.3) is 0 Å². The van der Waals surface area contributed by atoms with Gasteiger partial charge in [0.1, 0.15) is 0 Å². The fraction of sp³-hybridized carbons (Fsp3) is 0.160. The lowest BCUT2D eigenvalue weighted by atomic mass is 9.98. The molecule has 4 rings (SSSR count). The van der Waals surface area contributed by atoms with Gasteiger partial charge in [0.05, 0.1) is 24.8 Å². The summed E-state index contributed by atoms with van der Waals surface area (Å²) in [5, 5.41) is 3.47. The predicted octanol–water partition coefficient (Wildman–Crippen LogP) is 5.18. The van der Waals surface area contributed by atoms with E-state index >= 15 is 0 Å². The molecule has 3 aromatic rings. The van der Waals surface area contributed by atoms with Crippen LogP contribution < -0.4 is 10.2 Å². The molecule has 0 aromatic heterocycles. The normalized spacial score (nSPS) is 16.0. The summed E-state index contributed by atoms with van der Waals surface area (Å²) >= 11 is 0. The molecule has 0 bridgehead atoms. The number of benzene rings is 3. The van der Waals surface area contributed by atoms with Crippen molar-refractivity contribution in [1.29, 1.82) is 0 Å². The second-order valence-corrected chi connectivity index (χ2v) is 6.88. The largest absolute Gasteiger partial charge is 0.463 e. The molecule has 3 aromatic carbocycles. The molecule has 0 radical (unpaired) electrons. The van der Waals surface area contributed by atoms with Gasteiger partial charge in [-0.1, -0.05) is 66.7 Å². The number of carbonyl (C=O) groups is 1. The van der Waals surface area contributed by atoms with E-state index in [-0.39, 0.29) is 12.0 Å². The van der Waals surface area contributed by atoms with Crippen LogP contribution in [-0.4, -0.2) is 19.1 Å². The maximum Gasteiger partial charge on any atom is 0.338 e. The molecule has 4 heteroatoms. The molecule has 0 aliphatic carbocycles. The summed E-state index contributed by atoms with van der Waals surface area (Å²) in [6.45, 7) is 2.77. The van der Waals surface area contributed by atoms with Gasteiger partial charge in [-0.15, -0.1) is 0 Å². The van der Waals surface area contributed by atoms with Crippen molar-refractivity contribution < 1.29 is 9.53 Å². The molecule has 1 atom stereocenters. The zero-order chi connectivity index (χ0) is 20.1. The van der Waals surface area contributed by atoms with Crippen molar-refractivity contribution in [2.75, 3.05) is 23.4 Å². The van der Waals surface area contributed by atoms with Crippen LogP contribution in [0.15, 0.2) is 102 Å². The van der Waals surface area contributed by atoms with Crippen LogP contribution in [0.4, 0.5) is 11.4 Å². The molecule has 0 saturated heterocycles. The smallest absolute Gasteiger partial charge is 0.338 e. The third-order valence-corrected chi connectivity index (χ3v) is 5.01. The number of carbonyl (C=O) groups excluding carboxylic acids is 1. The first-order chi connectivity index (χ1) is 14.3. The zero-order valence-corrected chi connectivity index (χ0v) is 16.4. The SMILES string of the molecule is CCOC(=O)C1=C(Nc2ccccc2)CN(c2ccccc2)C1c1ccccc1. The zero-order valence-electron chi connectivity index (χ0n) is 16.4. The summed E-state index contributed by atoms with van der Waals surface area (Å²) in [6.07, 6.45) is 0. The Labute approximate surface area is 171 Å². The predicted molar refractivity (Wildman–Crippen MR) is 117 cm³/mol. The van der Waals surface area contributed by atoms with Crippen LogP contribution >= 0.6 is 0 Å². The Morgan fingerprint density at radius 1 is 0.931 bits per heavy atom. The standard InChI is InChI=1S/C25H24N2O2/c1-2-29-25(28)23-22(26-20-14-8-4-9-15-20)18-27(21-16-10-5-11-17-21)24(23)19-12-6-3-7-13-19/h3-17,24,26H,2,18H2,1H3. The van der Waals surface area contributed by atoms with Gasteiger partial charge in [0, 0.05) is 17.1 Å². The Bertz CT molecular complexity index is 985. The van der Waals surface area contributed by atoms with E-state index in [0.717, 1.165) is 22.6 Å². The Morgan fingerprint density at radius 2 is 1.52 bits per heavy atom. The van der Waals surface area contributed by atoms with Gasteiger partial charge in [-0.3, -0.25) is 0 Å². The molecule has 1 heterocycles. The number of rotatable bonds is 6. The molecular formula is C25H24N2O2. The highest BCUT2D eigenvalue weighted by Crippen LogP contribution is 2.41. The Kier molecular flexibility index (Phi) is 5.61. The lowest BCUT2D eigenvalue weighted by Gasteiger charge is -2.28. The minimum Gasteiger partial charge on any atom is -0.463 e. The molecular weight excluding hydrogens is 360 g/mol. The van der Waals surface area contributed by atoms with Crippen molar-refractivity contribution in [3.63, 3.8) is 0 Å². The maximum absolute atomic E-state index is 13.1. The molecule has 1 N–H and O–H groups in total. The van der Waals surface area contributed by atoms with Crippen LogP contribution in [0.5, 0.6) is 0 Å². The number of hydrogen-bond acceptors (Lipinski definition) is 4. The summed E-state index contributed by atoms with van der Waals surface area (Å²) in [7, 11) is 0. The van der Waals surface area contributed by atoms with Crippen LogP contribution in [0, 0.1) is 0 Å². The van der Waals surface area contributed by atoms with E-state index in [4.69, 9.17) is 4.74 Å². The molecule has 146 valence electrons. The van der Waals surface area contributed by atoms with Gasteiger partial charge in [-0.25, -0.2) is 4.79 Å². The highest BCUT2D eigenvalue weighted by atomic mass is 16.5. The average molecular weight is 384 g/mol. The average Bonchev–Trinajstić information content (AvgIpc) is 3.15. The molecule has 29 heavy (non-hydrogen) atoms. The first-order valence-electron chi connectivity index (χ1n) is 9.87. The number of nitrogens with one attached hydrogen (secondary N) is 1. The highest BCUT2D eigenvalue weighted by molar-refractivity contribution is 5.94. The topological polar surface area (TPSA) is 41.6 Å². The second-order valence-electron chi connectivity index (χ2n) is 6.88. The first-order valence-corrected chi connectivity index (χ1v) is 9.87. The van der Waals surface area contributed by atoms with Crippen LogP contribution in [-0.2, 0) is 9.53 Å². The summed E-state index contributed by atoms with van der Waals surface area (Å²) in [5.41, 5.74) is 4.60. The van der Waals surface area contributed by atoms with E-state index in [1.54, 1.807) is 0 Å². The lowest BCUT2D eigenvalue weighted by molar-refractivity contribution is -0.138. The molecule has 0 amide bonds. The molecule has 0 spiro atoms. The van der Waals surface area contributed by atoms with Crippen molar-refractivity contribution in [3.05, 3.63) is 108 Å². The Hall–Kier alpha value is -3.53. The number of para-hydroxylation sites is 2. The summed E-state index contributed by atoms with van der Waals surface area (Å²) in [5.74, 6) is -0.279. The summed E-state index contributed by atoms with van der Waals surface area (Å²) < 4.78 is 5.47. The summed E-state index contributed by atoms with van der Waals surface area (Å²) in [4.78, 5) is 15.3.